The van der Waals surface area contributed by atoms with Crippen molar-refractivity contribution in [2.24, 2.45) is 5.73 Å². The topological polar surface area (TPSA) is 35.2 Å². The third-order valence-electron chi connectivity index (χ3n) is 1.47. The van der Waals surface area contributed by atoms with Crippen LogP contribution in [0.2, 0.25) is 0 Å². The molecule has 2 nitrogen and oxygen atoms in total. The molecule has 0 spiro atoms. The van der Waals surface area contributed by atoms with Crippen LogP contribution in [0.15, 0.2) is 36.1 Å². The Labute approximate surface area is 80.8 Å². The van der Waals surface area contributed by atoms with Crippen LogP contribution in [0.3, 0.4) is 0 Å². The SMILES string of the molecule is C\C=C/C(=C\C=C\OCC)CCN. The van der Waals surface area contributed by atoms with Crippen LogP contribution >= 0.6 is 0 Å². The fourth-order valence-corrected chi connectivity index (χ4v) is 0.918. The highest BCUT2D eigenvalue weighted by Crippen LogP contribution is 2.02. The third kappa shape index (κ3) is 7.34. The Balaban J connectivity index is 4.02. The molecule has 13 heavy (non-hydrogen) atoms. The van der Waals surface area contributed by atoms with Crippen molar-refractivity contribution < 1.29 is 4.74 Å². The molecule has 0 saturated carbocycles. The highest BCUT2D eigenvalue weighted by Gasteiger charge is 1.86. The van der Waals surface area contributed by atoms with E-state index < -0.39 is 0 Å². The summed E-state index contributed by atoms with van der Waals surface area (Å²) in [5, 5.41) is 0. The highest BCUT2D eigenvalue weighted by molar-refractivity contribution is 5.23. The molecule has 0 fully saturated rings. The van der Waals surface area contributed by atoms with Gasteiger partial charge in [0.05, 0.1) is 12.9 Å². The molecule has 0 rings (SSSR count). The molecular weight excluding hydrogens is 162 g/mol. The summed E-state index contributed by atoms with van der Waals surface area (Å²) < 4.78 is 5.06. The first-order valence-electron chi connectivity index (χ1n) is 4.65. The number of nitrogens with two attached hydrogens (primary N) is 1. The summed E-state index contributed by atoms with van der Waals surface area (Å²) >= 11 is 0. The summed E-state index contributed by atoms with van der Waals surface area (Å²) in [7, 11) is 0. The van der Waals surface area contributed by atoms with E-state index in [2.05, 4.69) is 6.08 Å². The van der Waals surface area contributed by atoms with Crippen molar-refractivity contribution in [3.8, 4) is 0 Å². The number of ether oxygens (including phenoxy) is 1. The van der Waals surface area contributed by atoms with Gasteiger partial charge in [0.15, 0.2) is 0 Å². The smallest absolute Gasteiger partial charge is 0.0845 e. The lowest BCUT2D eigenvalue weighted by Gasteiger charge is -1.96. The molecule has 0 unspecified atom stereocenters. The van der Waals surface area contributed by atoms with Crippen molar-refractivity contribution in [2.45, 2.75) is 20.3 Å². The quantitative estimate of drug-likeness (QED) is 0.504. The van der Waals surface area contributed by atoms with E-state index in [4.69, 9.17) is 10.5 Å². The summed E-state index contributed by atoms with van der Waals surface area (Å²) in [5.41, 5.74) is 6.68. The Bertz CT molecular complexity index is 192. The van der Waals surface area contributed by atoms with Crippen molar-refractivity contribution in [1.29, 1.82) is 0 Å². The maximum atomic E-state index is 5.46. The van der Waals surface area contributed by atoms with E-state index >= 15 is 0 Å². The summed E-state index contributed by atoms with van der Waals surface area (Å²) in [6, 6.07) is 0. The van der Waals surface area contributed by atoms with Gasteiger partial charge in [-0.15, -0.1) is 0 Å². The Morgan fingerprint density at radius 2 is 2.23 bits per heavy atom. The van der Waals surface area contributed by atoms with Gasteiger partial charge in [-0.05, 0) is 38.5 Å². The van der Waals surface area contributed by atoms with Gasteiger partial charge < -0.3 is 10.5 Å². The molecule has 0 aliphatic carbocycles. The molecule has 0 aromatic rings. The molecule has 0 radical (unpaired) electrons. The zero-order valence-corrected chi connectivity index (χ0v) is 8.49. The van der Waals surface area contributed by atoms with E-state index in [1.54, 1.807) is 6.26 Å². The monoisotopic (exact) mass is 181 g/mol. The Hall–Kier alpha value is -1.02. The van der Waals surface area contributed by atoms with Crippen LogP contribution in [0.1, 0.15) is 20.3 Å². The molecule has 0 heterocycles. The van der Waals surface area contributed by atoms with Crippen LogP contribution in [0.25, 0.3) is 0 Å². The summed E-state index contributed by atoms with van der Waals surface area (Å²) in [6.07, 6.45) is 10.6. The minimum Gasteiger partial charge on any atom is -0.501 e. The van der Waals surface area contributed by atoms with Crippen LogP contribution < -0.4 is 5.73 Å². The molecule has 0 aliphatic heterocycles. The zero-order chi connectivity index (χ0) is 9.94. The van der Waals surface area contributed by atoms with Crippen LogP contribution in [-0.2, 0) is 4.74 Å². The van der Waals surface area contributed by atoms with Gasteiger partial charge >= 0.3 is 0 Å². The van der Waals surface area contributed by atoms with Crippen molar-refractivity contribution in [3.63, 3.8) is 0 Å². The molecule has 2 N–H and O–H groups in total. The summed E-state index contributed by atoms with van der Waals surface area (Å²) in [4.78, 5) is 0. The first-order valence-corrected chi connectivity index (χ1v) is 4.65. The first-order chi connectivity index (χ1) is 6.35. The van der Waals surface area contributed by atoms with Gasteiger partial charge in [0.2, 0.25) is 0 Å². The van der Waals surface area contributed by atoms with E-state index in [1.807, 2.05) is 32.1 Å². The summed E-state index contributed by atoms with van der Waals surface area (Å²) in [6.45, 7) is 5.34. The van der Waals surface area contributed by atoms with Crippen molar-refractivity contribution in [3.05, 3.63) is 36.1 Å². The zero-order valence-electron chi connectivity index (χ0n) is 8.49. The van der Waals surface area contributed by atoms with Gasteiger partial charge in [0, 0.05) is 0 Å². The maximum Gasteiger partial charge on any atom is 0.0845 e. The van der Waals surface area contributed by atoms with Crippen molar-refractivity contribution in [2.75, 3.05) is 13.2 Å². The number of hydrogen-bond acceptors (Lipinski definition) is 2. The predicted molar refractivity (Wildman–Crippen MR) is 57.3 cm³/mol. The molecule has 0 saturated heterocycles. The second-order valence-electron chi connectivity index (χ2n) is 2.56. The average Bonchev–Trinajstić information content (AvgIpc) is 2.13. The van der Waals surface area contributed by atoms with Crippen LogP contribution in [0.5, 0.6) is 0 Å². The predicted octanol–water partition coefficient (Wildman–Crippen LogP) is 2.39. The van der Waals surface area contributed by atoms with Gasteiger partial charge in [0.25, 0.3) is 0 Å². The van der Waals surface area contributed by atoms with E-state index in [1.165, 1.54) is 5.57 Å². The molecule has 0 amide bonds. The largest absolute Gasteiger partial charge is 0.501 e. The van der Waals surface area contributed by atoms with Crippen LogP contribution in [0, 0.1) is 0 Å². The number of hydrogen-bond donors (Lipinski definition) is 1. The lowest BCUT2D eigenvalue weighted by Crippen LogP contribution is -1.98. The summed E-state index contributed by atoms with van der Waals surface area (Å²) in [5.74, 6) is 0. The van der Waals surface area contributed by atoms with Gasteiger partial charge in [-0.3, -0.25) is 0 Å². The maximum absolute atomic E-state index is 5.46. The van der Waals surface area contributed by atoms with E-state index in [9.17, 15) is 0 Å². The van der Waals surface area contributed by atoms with Gasteiger partial charge in [0.1, 0.15) is 0 Å². The van der Waals surface area contributed by atoms with E-state index in [0.29, 0.717) is 13.2 Å². The number of rotatable bonds is 6. The first kappa shape index (κ1) is 12.0. The Morgan fingerprint density at radius 3 is 2.77 bits per heavy atom. The third-order valence-corrected chi connectivity index (χ3v) is 1.47. The molecule has 0 aliphatic rings. The van der Waals surface area contributed by atoms with Crippen molar-refractivity contribution >= 4 is 0 Å². The second-order valence-corrected chi connectivity index (χ2v) is 2.56. The standard InChI is InChI=1S/C11H19NO/c1-3-6-11(8-9-12)7-5-10-13-4-2/h3,5-7,10H,4,8-9,12H2,1-2H3/b6-3-,10-5+,11-7+. The van der Waals surface area contributed by atoms with Gasteiger partial charge in [-0.2, -0.15) is 0 Å². The molecule has 2 heteroatoms. The minimum atomic E-state index is 0.679. The molecule has 0 bridgehead atoms. The molecule has 74 valence electrons. The van der Waals surface area contributed by atoms with Gasteiger partial charge in [-0.1, -0.05) is 18.2 Å². The number of allylic oxidation sites excluding steroid dienone is 4. The van der Waals surface area contributed by atoms with Crippen molar-refractivity contribution in [1.82, 2.24) is 0 Å². The lowest BCUT2D eigenvalue weighted by molar-refractivity contribution is 0.269. The average molecular weight is 181 g/mol. The normalized spacial score (nSPS) is 13.0. The Kier molecular flexibility index (Phi) is 8.36. The molecule has 0 aromatic carbocycles. The molecule has 0 aromatic heterocycles. The second kappa shape index (κ2) is 9.07. The van der Waals surface area contributed by atoms with E-state index in [-0.39, 0.29) is 0 Å². The Morgan fingerprint density at radius 1 is 1.46 bits per heavy atom. The fourth-order valence-electron chi connectivity index (χ4n) is 0.918. The van der Waals surface area contributed by atoms with Crippen LogP contribution in [0.4, 0.5) is 0 Å². The highest BCUT2D eigenvalue weighted by atomic mass is 16.5. The minimum absolute atomic E-state index is 0.679. The van der Waals surface area contributed by atoms with Gasteiger partial charge in [-0.25, -0.2) is 0 Å². The molecular formula is C11H19NO. The fraction of sp³-hybridized carbons (Fsp3) is 0.455. The van der Waals surface area contributed by atoms with E-state index in [0.717, 1.165) is 6.42 Å². The molecule has 0 atom stereocenters. The van der Waals surface area contributed by atoms with Crippen LogP contribution in [-0.4, -0.2) is 13.2 Å². The lowest BCUT2D eigenvalue weighted by atomic mass is 10.1.